The molecule has 0 aliphatic carbocycles. The minimum absolute atomic E-state index is 0.0549. The zero-order chi connectivity index (χ0) is 26.9. The molecule has 1 aliphatic rings. The van der Waals surface area contributed by atoms with Crippen LogP contribution in [0.15, 0.2) is 78.9 Å². The van der Waals surface area contributed by atoms with E-state index < -0.39 is 0 Å². The van der Waals surface area contributed by atoms with Gasteiger partial charge in [-0.05, 0) is 49.4 Å². The van der Waals surface area contributed by atoms with Gasteiger partial charge < -0.3 is 14.5 Å². The standard InChI is InChI=1S/C31H34FN3O3/c1-24-9-11-26(12-10-24)31(37)35-22-19-33(20-23-35)18-21-34(30(36)27-13-15-28(32)16-14-27)17-5-7-25-6-3-4-8-29(25)38-2/h3-16H,17-23H2,1-2H3/b7-5+. The second-order valence-corrected chi connectivity index (χ2v) is 9.40. The van der Waals surface area contributed by atoms with E-state index in [-0.39, 0.29) is 17.6 Å². The van der Waals surface area contributed by atoms with Gasteiger partial charge in [-0.15, -0.1) is 0 Å². The second kappa shape index (κ2) is 13.0. The Hall–Kier alpha value is -3.97. The quantitative estimate of drug-likeness (QED) is 0.413. The summed E-state index contributed by atoms with van der Waals surface area (Å²) < 4.78 is 18.9. The van der Waals surface area contributed by atoms with E-state index in [0.29, 0.717) is 43.9 Å². The van der Waals surface area contributed by atoms with Crippen molar-refractivity contribution in [1.29, 1.82) is 0 Å². The minimum Gasteiger partial charge on any atom is -0.496 e. The molecule has 3 aromatic carbocycles. The molecule has 0 spiro atoms. The van der Waals surface area contributed by atoms with Crippen LogP contribution >= 0.6 is 0 Å². The third kappa shape index (κ3) is 7.07. The Labute approximate surface area is 223 Å². The first kappa shape index (κ1) is 27.1. The molecular formula is C31H34FN3O3. The third-order valence-corrected chi connectivity index (χ3v) is 6.78. The monoisotopic (exact) mass is 515 g/mol. The van der Waals surface area contributed by atoms with Gasteiger partial charge in [-0.2, -0.15) is 0 Å². The number of hydrogen-bond donors (Lipinski definition) is 0. The van der Waals surface area contributed by atoms with E-state index in [0.717, 1.165) is 30.0 Å². The van der Waals surface area contributed by atoms with Crippen LogP contribution in [0.5, 0.6) is 5.75 Å². The van der Waals surface area contributed by atoms with Crippen molar-refractivity contribution in [3.05, 3.63) is 107 Å². The smallest absolute Gasteiger partial charge is 0.254 e. The van der Waals surface area contributed by atoms with E-state index in [4.69, 9.17) is 4.74 Å². The van der Waals surface area contributed by atoms with Crippen LogP contribution in [0.1, 0.15) is 31.8 Å². The Balaban J connectivity index is 1.37. The van der Waals surface area contributed by atoms with Gasteiger partial charge in [0.15, 0.2) is 0 Å². The number of carbonyl (C=O) groups excluding carboxylic acids is 2. The molecule has 0 saturated carbocycles. The summed E-state index contributed by atoms with van der Waals surface area (Å²) in [7, 11) is 1.63. The number of rotatable bonds is 9. The van der Waals surface area contributed by atoms with Crippen LogP contribution in [0.2, 0.25) is 0 Å². The van der Waals surface area contributed by atoms with Gasteiger partial charge in [-0.1, -0.05) is 48.0 Å². The summed E-state index contributed by atoms with van der Waals surface area (Å²) in [5.41, 5.74) is 3.22. The summed E-state index contributed by atoms with van der Waals surface area (Å²) in [6, 6.07) is 21.0. The highest BCUT2D eigenvalue weighted by molar-refractivity contribution is 5.95. The highest BCUT2D eigenvalue weighted by Crippen LogP contribution is 2.19. The zero-order valence-corrected chi connectivity index (χ0v) is 22.0. The Morgan fingerprint density at radius 2 is 1.58 bits per heavy atom. The molecule has 1 fully saturated rings. The summed E-state index contributed by atoms with van der Waals surface area (Å²) in [6.45, 7) is 6.38. The number of aryl methyl sites for hydroxylation is 1. The molecule has 6 nitrogen and oxygen atoms in total. The second-order valence-electron chi connectivity index (χ2n) is 9.40. The van der Waals surface area contributed by atoms with Crippen molar-refractivity contribution in [2.45, 2.75) is 6.92 Å². The van der Waals surface area contributed by atoms with Crippen molar-refractivity contribution < 1.29 is 18.7 Å². The largest absolute Gasteiger partial charge is 0.496 e. The maximum Gasteiger partial charge on any atom is 0.254 e. The average molecular weight is 516 g/mol. The van der Waals surface area contributed by atoms with Gasteiger partial charge in [-0.25, -0.2) is 4.39 Å². The molecule has 1 heterocycles. The van der Waals surface area contributed by atoms with Gasteiger partial charge in [0, 0.05) is 62.5 Å². The molecule has 38 heavy (non-hydrogen) atoms. The van der Waals surface area contributed by atoms with Crippen molar-refractivity contribution in [2.75, 3.05) is 52.9 Å². The molecule has 198 valence electrons. The molecule has 0 N–H and O–H groups in total. The lowest BCUT2D eigenvalue weighted by Crippen LogP contribution is -2.50. The normalized spacial score (nSPS) is 14.0. The van der Waals surface area contributed by atoms with Gasteiger partial charge in [0.05, 0.1) is 7.11 Å². The Morgan fingerprint density at radius 3 is 2.26 bits per heavy atom. The van der Waals surface area contributed by atoms with Crippen LogP contribution in [-0.2, 0) is 0 Å². The Kier molecular flexibility index (Phi) is 9.27. The number of amides is 2. The van der Waals surface area contributed by atoms with E-state index in [9.17, 15) is 14.0 Å². The number of carbonyl (C=O) groups is 2. The van der Waals surface area contributed by atoms with E-state index in [1.54, 1.807) is 12.0 Å². The average Bonchev–Trinajstić information content (AvgIpc) is 2.95. The van der Waals surface area contributed by atoms with Crippen LogP contribution in [0.4, 0.5) is 4.39 Å². The molecule has 0 bridgehead atoms. The number of nitrogens with zero attached hydrogens (tertiary/aromatic N) is 3. The van der Waals surface area contributed by atoms with Crippen LogP contribution in [0, 0.1) is 12.7 Å². The number of para-hydroxylation sites is 1. The topological polar surface area (TPSA) is 53.1 Å². The molecule has 4 rings (SSSR count). The molecule has 1 saturated heterocycles. The van der Waals surface area contributed by atoms with Crippen molar-refractivity contribution in [2.24, 2.45) is 0 Å². The predicted molar refractivity (Wildman–Crippen MR) is 148 cm³/mol. The van der Waals surface area contributed by atoms with E-state index >= 15 is 0 Å². The molecule has 1 aliphatic heterocycles. The third-order valence-electron chi connectivity index (χ3n) is 6.78. The number of benzene rings is 3. The highest BCUT2D eigenvalue weighted by atomic mass is 19.1. The summed E-state index contributed by atoms with van der Waals surface area (Å²) in [6.07, 6.45) is 3.89. The zero-order valence-electron chi connectivity index (χ0n) is 22.0. The SMILES string of the molecule is COc1ccccc1/C=C/CN(CCN1CCN(C(=O)c2ccc(C)cc2)CC1)C(=O)c1ccc(F)cc1. The van der Waals surface area contributed by atoms with Crippen molar-refractivity contribution in [1.82, 2.24) is 14.7 Å². The molecule has 0 aromatic heterocycles. The number of halogens is 1. The lowest BCUT2D eigenvalue weighted by atomic mass is 10.1. The summed E-state index contributed by atoms with van der Waals surface area (Å²) >= 11 is 0. The molecule has 0 atom stereocenters. The van der Waals surface area contributed by atoms with Crippen LogP contribution in [0.3, 0.4) is 0 Å². The molecule has 0 unspecified atom stereocenters. The van der Waals surface area contributed by atoms with Crippen LogP contribution < -0.4 is 4.74 Å². The maximum atomic E-state index is 13.4. The van der Waals surface area contributed by atoms with Gasteiger partial charge in [0.25, 0.3) is 11.8 Å². The first-order valence-corrected chi connectivity index (χ1v) is 12.9. The van der Waals surface area contributed by atoms with Gasteiger partial charge in [0.2, 0.25) is 0 Å². The summed E-state index contributed by atoms with van der Waals surface area (Å²) in [4.78, 5) is 32.1. The van der Waals surface area contributed by atoms with Crippen molar-refractivity contribution in [3.63, 3.8) is 0 Å². The summed E-state index contributed by atoms with van der Waals surface area (Å²) in [5, 5.41) is 0. The van der Waals surface area contributed by atoms with Crippen molar-refractivity contribution in [3.8, 4) is 5.75 Å². The first-order valence-electron chi connectivity index (χ1n) is 12.9. The van der Waals surface area contributed by atoms with Crippen LogP contribution in [0.25, 0.3) is 6.08 Å². The first-order chi connectivity index (χ1) is 18.4. The van der Waals surface area contributed by atoms with Crippen LogP contribution in [-0.4, -0.2) is 79.4 Å². The summed E-state index contributed by atoms with van der Waals surface area (Å²) in [5.74, 6) is 0.294. The van der Waals surface area contributed by atoms with Gasteiger partial charge in [-0.3, -0.25) is 14.5 Å². The fraction of sp³-hybridized carbons (Fsp3) is 0.290. The lowest BCUT2D eigenvalue weighted by Gasteiger charge is -2.36. The van der Waals surface area contributed by atoms with Crippen molar-refractivity contribution >= 4 is 17.9 Å². The lowest BCUT2D eigenvalue weighted by molar-refractivity contribution is 0.0609. The number of ether oxygens (including phenoxy) is 1. The van der Waals surface area contributed by atoms with Gasteiger partial charge >= 0.3 is 0 Å². The Morgan fingerprint density at radius 1 is 0.921 bits per heavy atom. The number of piperazine rings is 1. The highest BCUT2D eigenvalue weighted by Gasteiger charge is 2.23. The minimum atomic E-state index is -0.373. The van der Waals surface area contributed by atoms with E-state index in [2.05, 4.69) is 4.90 Å². The molecule has 0 radical (unpaired) electrons. The van der Waals surface area contributed by atoms with E-state index in [1.165, 1.54) is 24.3 Å². The fourth-order valence-corrected chi connectivity index (χ4v) is 4.48. The Bertz CT molecular complexity index is 1250. The van der Waals surface area contributed by atoms with E-state index in [1.807, 2.05) is 72.5 Å². The number of methoxy groups -OCH3 is 1. The number of hydrogen-bond acceptors (Lipinski definition) is 4. The maximum absolute atomic E-state index is 13.4. The molecular weight excluding hydrogens is 481 g/mol. The van der Waals surface area contributed by atoms with Gasteiger partial charge in [0.1, 0.15) is 11.6 Å². The predicted octanol–water partition coefficient (Wildman–Crippen LogP) is 4.76. The molecule has 7 heteroatoms. The molecule has 2 amide bonds. The fourth-order valence-electron chi connectivity index (χ4n) is 4.48. The molecule has 3 aromatic rings.